The maximum atomic E-state index is 13.0. The second kappa shape index (κ2) is 4.43. The lowest BCUT2D eigenvalue weighted by atomic mass is 10.3. The van der Waals surface area contributed by atoms with Crippen LogP contribution in [-0.2, 0) is 0 Å². The molecule has 0 atom stereocenters. The number of aliphatic hydroxyl groups is 1. The normalized spacial score (nSPS) is 10.4. The lowest BCUT2D eigenvalue weighted by Crippen LogP contribution is -1.97. The minimum atomic E-state index is -0.946. The number of nitrogens with two attached hydrogens (primary N) is 1. The minimum absolute atomic E-state index is 0.0639. The topological polar surface area (TPSA) is 46.2 Å². The maximum Gasteiger partial charge on any atom is 0.174 e. The summed E-state index contributed by atoms with van der Waals surface area (Å²) in [4.78, 5) is 0.0639. The predicted molar refractivity (Wildman–Crippen MR) is 48.6 cm³/mol. The van der Waals surface area contributed by atoms with E-state index in [-0.39, 0.29) is 17.2 Å². The minimum Gasteiger partial charge on any atom is -0.398 e. The summed E-state index contributed by atoms with van der Waals surface area (Å²) in [6.07, 6.45) is 0. The Hall–Kier alpha value is -0.810. The maximum absolute atomic E-state index is 13.0. The third kappa shape index (κ3) is 2.32. The van der Waals surface area contributed by atoms with Gasteiger partial charge in [0.15, 0.2) is 11.6 Å². The first-order valence-corrected chi connectivity index (χ1v) is 4.62. The summed E-state index contributed by atoms with van der Waals surface area (Å²) >= 11 is 0.998. The lowest BCUT2D eigenvalue weighted by Gasteiger charge is -2.05. The molecule has 0 aliphatic heterocycles. The van der Waals surface area contributed by atoms with Gasteiger partial charge in [0, 0.05) is 11.4 Å². The molecule has 0 aliphatic rings. The van der Waals surface area contributed by atoms with Gasteiger partial charge in [-0.2, -0.15) is 0 Å². The first-order valence-electron chi connectivity index (χ1n) is 3.64. The van der Waals surface area contributed by atoms with Crippen LogP contribution in [0.5, 0.6) is 0 Å². The highest BCUT2D eigenvalue weighted by molar-refractivity contribution is 7.99. The highest BCUT2D eigenvalue weighted by Crippen LogP contribution is 2.29. The van der Waals surface area contributed by atoms with Crippen molar-refractivity contribution in [2.24, 2.45) is 0 Å². The second-order valence-electron chi connectivity index (χ2n) is 2.35. The van der Waals surface area contributed by atoms with Gasteiger partial charge in [-0.3, -0.25) is 0 Å². The van der Waals surface area contributed by atoms with Gasteiger partial charge in [-0.05, 0) is 12.1 Å². The van der Waals surface area contributed by atoms with Crippen LogP contribution in [0.1, 0.15) is 0 Å². The van der Waals surface area contributed by atoms with Crippen molar-refractivity contribution in [1.82, 2.24) is 0 Å². The number of halogens is 2. The number of rotatable bonds is 3. The average molecular weight is 205 g/mol. The van der Waals surface area contributed by atoms with E-state index in [1.807, 2.05) is 0 Å². The van der Waals surface area contributed by atoms with E-state index < -0.39 is 11.6 Å². The molecular weight excluding hydrogens is 196 g/mol. The van der Waals surface area contributed by atoms with Gasteiger partial charge in [0.1, 0.15) is 0 Å². The van der Waals surface area contributed by atoms with E-state index in [9.17, 15) is 8.78 Å². The Morgan fingerprint density at radius 2 is 2.08 bits per heavy atom. The molecule has 0 aromatic heterocycles. The van der Waals surface area contributed by atoms with E-state index in [2.05, 4.69) is 0 Å². The molecule has 1 rings (SSSR count). The molecule has 0 saturated carbocycles. The smallest absolute Gasteiger partial charge is 0.174 e. The van der Waals surface area contributed by atoms with Gasteiger partial charge in [-0.25, -0.2) is 8.78 Å². The Bertz CT molecular complexity index is 306. The monoisotopic (exact) mass is 205 g/mol. The zero-order valence-electron chi connectivity index (χ0n) is 6.76. The van der Waals surface area contributed by atoms with Gasteiger partial charge in [0.25, 0.3) is 0 Å². The predicted octanol–water partition coefficient (Wildman–Crippen LogP) is 1.63. The van der Waals surface area contributed by atoms with E-state index in [4.69, 9.17) is 10.8 Å². The molecule has 0 bridgehead atoms. The van der Waals surface area contributed by atoms with Crippen LogP contribution in [-0.4, -0.2) is 17.5 Å². The molecule has 0 aliphatic carbocycles. The standard InChI is InChI=1S/C8H9F2NOS/c9-5-1-2-6(11)8(7(5)10)13-4-3-12/h1-2,12H,3-4,11H2. The number of thioether (sulfide) groups is 1. The third-order valence-electron chi connectivity index (χ3n) is 1.42. The van der Waals surface area contributed by atoms with Crippen LogP contribution in [0, 0.1) is 11.6 Å². The summed E-state index contributed by atoms with van der Waals surface area (Å²) in [5.41, 5.74) is 5.61. The average Bonchev–Trinajstić information content (AvgIpc) is 2.12. The van der Waals surface area contributed by atoms with Crippen molar-refractivity contribution < 1.29 is 13.9 Å². The lowest BCUT2D eigenvalue weighted by molar-refractivity contribution is 0.322. The molecule has 2 nitrogen and oxygen atoms in total. The zero-order valence-corrected chi connectivity index (χ0v) is 7.57. The van der Waals surface area contributed by atoms with Crippen LogP contribution in [0.15, 0.2) is 17.0 Å². The van der Waals surface area contributed by atoms with Gasteiger partial charge in [-0.15, -0.1) is 11.8 Å². The number of aliphatic hydroxyl groups excluding tert-OH is 1. The van der Waals surface area contributed by atoms with E-state index in [0.717, 1.165) is 17.8 Å². The Labute approximate surface area is 78.7 Å². The summed E-state index contributed by atoms with van der Waals surface area (Å²) in [7, 11) is 0. The van der Waals surface area contributed by atoms with E-state index >= 15 is 0 Å². The third-order valence-corrected chi connectivity index (χ3v) is 2.51. The molecule has 1 aromatic carbocycles. The summed E-state index contributed by atoms with van der Waals surface area (Å²) in [5.74, 6) is -1.57. The molecule has 0 spiro atoms. The highest BCUT2D eigenvalue weighted by Gasteiger charge is 2.11. The van der Waals surface area contributed by atoms with Crippen LogP contribution in [0.3, 0.4) is 0 Å². The van der Waals surface area contributed by atoms with Crippen molar-refractivity contribution in [3.05, 3.63) is 23.8 Å². The summed E-state index contributed by atoms with van der Waals surface area (Å²) in [6, 6.07) is 2.28. The fourth-order valence-electron chi connectivity index (χ4n) is 0.841. The zero-order chi connectivity index (χ0) is 9.84. The molecule has 13 heavy (non-hydrogen) atoms. The van der Waals surface area contributed by atoms with Crippen molar-refractivity contribution >= 4 is 17.4 Å². The summed E-state index contributed by atoms with van der Waals surface area (Å²) < 4.78 is 25.7. The van der Waals surface area contributed by atoms with Crippen molar-refractivity contribution in [1.29, 1.82) is 0 Å². The van der Waals surface area contributed by atoms with E-state index in [1.165, 1.54) is 6.07 Å². The molecule has 72 valence electrons. The van der Waals surface area contributed by atoms with E-state index in [1.54, 1.807) is 0 Å². The first kappa shape index (κ1) is 10.3. The number of nitrogen functional groups attached to an aromatic ring is 1. The second-order valence-corrected chi connectivity index (χ2v) is 3.46. The van der Waals surface area contributed by atoms with Crippen molar-refractivity contribution in [2.45, 2.75) is 4.90 Å². The molecule has 0 amide bonds. The molecular formula is C8H9F2NOS. The number of hydrogen-bond acceptors (Lipinski definition) is 3. The Morgan fingerprint density at radius 3 is 2.69 bits per heavy atom. The molecule has 1 aromatic rings. The van der Waals surface area contributed by atoms with Crippen molar-refractivity contribution in [3.63, 3.8) is 0 Å². The van der Waals surface area contributed by atoms with Crippen molar-refractivity contribution in [2.75, 3.05) is 18.1 Å². The molecule has 0 unspecified atom stereocenters. The van der Waals surface area contributed by atoms with Crippen LogP contribution in [0.25, 0.3) is 0 Å². The molecule has 0 heterocycles. The highest BCUT2D eigenvalue weighted by atomic mass is 32.2. The van der Waals surface area contributed by atoms with Gasteiger partial charge >= 0.3 is 0 Å². The Kier molecular flexibility index (Phi) is 3.50. The Morgan fingerprint density at radius 1 is 1.38 bits per heavy atom. The van der Waals surface area contributed by atoms with Crippen LogP contribution < -0.4 is 5.73 Å². The SMILES string of the molecule is Nc1ccc(F)c(F)c1SCCO. The largest absolute Gasteiger partial charge is 0.398 e. The fraction of sp³-hybridized carbons (Fsp3) is 0.250. The van der Waals surface area contributed by atoms with E-state index in [0.29, 0.717) is 5.75 Å². The molecule has 0 radical (unpaired) electrons. The van der Waals surface area contributed by atoms with Crippen LogP contribution >= 0.6 is 11.8 Å². The van der Waals surface area contributed by atoms with Gasteiger partial charge < -0.3 is 10.8 Å². The number of benzene rings is 1. The van der Waals surface area contributed by atoms with Crippen LogP contribution in [0.4, 0.5) is 14.5 Å². The fourth-order valence-corrected chi connectivity index (χ4v) is 1.60. The molecule has 5 heteroatoms. The molecule has 0 fully saturated rings. The van der Waals surface area contributed by atoms with Gasteiger partial charge in [0.05, 0.1) is 11.5 Å². The number of anilines is 1. The van der Waals surface area contributed by atoms with Crippen molar-refractivity contribution in [3.8, 4) is 0 Å². The molecule has 3 N–H and O–H groups in total. The van der Waals surface area contributed by atoms with Crippen LogP contribution in [0.2, 0.25) is 0 Å². The number of hydrogen-bond donors (Lipinski definition) is 2. The van der Waals surface area contributed by atoms with Gasteiger partial charge in [0.2, 0.25) is 0 Å². The Balaban J connectivity index is 2.96. The molecule has 0 saturated heterocycles. The summed E-state index contributed by atoms with van der Waals surface area (Å²) in [6.45, 7) is -0.0972. The first-order chi connectivity index (χ1) is 6.16. The quantitative estimate of drug-likeness (QED) is 0.582. The summed E-state index contributed by atoms with van der Waals surface area (Å²) in [5, 5.41) is 8.50. The van der Waals surface area contributed by atoms with Gasteiger partial charge in [-0.1, -0.05) is 0 Å².